The minimum Gasteiger partial charge on any atom is -0.414 e. The van der Waals surface area contributed by atoms with Crippen molar-refractivity contribution in [3.8, 4) is 0 Å². The first-order valence-electron chi connectivity index (χ1n) is 11.6. The molecule has 0 spiro atoms. The van der Waals surface area contributed by atoms with Gasteiger partial charge in [0.15, 0.2) is 8.32 Å². The summed E-state index contributed by atoms with van der Waals surface area (Å²) in [7, 11) is -1.69. The van der Waals surface area contributed by atoms with Gasteiger partial charge in [0.25, 0.3) is 0 Å². The fourth-order valence-electron chi connectivity index (χ4n) is 5.49. The number of rotatable bonds is 5. The molecule has 0 heterocycles. The van der Waals surface area contributed by atoms with Gasteiger partial charge in [-0.3, -0.25) is 4.79 Å². The molecule has 4 aliphatic rings. The van der Waals surface area contributed by atoms with Crippen molar-refractivity contribution < 1.29 is 9.22 Å². The van der Waals surface area contributed by atoms with Crippen LogP contribution in [0.4, 0.5) is 0 Å². The van der Waals surface area contributed by atoms with Crippen LogP contribution in [0.15, 0.2) is 11.6 Å². The molecular weight excluding hydrogens is 362 g/mol. The van der Waals surface area contributed by atoms with Crippen LogP contribution in [-0.2, 0) is 9.22 Å². The third-order valence-electron chi connectivity index (χ3n) is 8.72. The van der Waals surface area contributed by atoms with Crippen LogP contribution in [-0.4, -0.2) is 26.9 Å². The summed E-state index contributed by atoms with van der Waals surface area (Å²) in [5.41, 5.74) is 1.80. The molecule has 160 valence electrons. The molecule has 4 aliphatic carbocycles. The lowest BCUT2D eigenvalue weighted by Crippen LogP contribution is -2.54. The van der Waals surface area contributed by atoms with Crippen LogP contribution in [0.25, 0.3) is 0 Å². The highest BCUT2D eigenvalue weighted by Gasteiger charge is 2.53. The normalized spacial score (nSPS) is 32.5. The second-order valence-electron chi connectivity index (χ2n) is 11.8. The van der Waals surface area contributed by atoms with Crippen LogP contribution in [0.1, 0.15) is 79.6 Å². The molecular formula is C24H43NO2Si. The molecule has 4 rings (SSSR count). The maximum atomic E-state index is 12.5. The van der Waals surface area contributed by atoms with Crippen molar-refractivity contribution in [1.29, 1.82) is 0 Å². The zero-order valence-electron chi connectivity index (χ0n) is 19.4. The smallest absolute Gasteiger partial charge is 0.243 e. The quantitative estimate of drug-likeness (QED) is 0.445. The maximum Gasteiger partial charge on any atom is 0.243 e. The van der Waals surface area contributed by atoms with Crippen molar-refractivity contribution in [2.45, 2.75) is 104 Å². The van der Waals surface area contributed by atoms with Crippen molar-refractivity contribution in [3.05, 3.63) is 11.6 Å². The summed E-state index contributed by atoms with van der Waals surface area (Å²) in [4.78, 5) is 12.5. The van der Waals surface area contributed by atoms with Crippen LogP contribution in [0.3, 0.4) is 0 Å². The number of amides is 1. The third-order valence-corrected chi connectivity index (χ3v) is 13.3. The zero-order valence-corrected chi connectivity index (χ0v) is 20.4. The largest absolute Gasteiger partial charge is 0.414 e. The van der Waals surface area contributed by atoms with E-state index in [-0.39, 0.29) is 10.9 Å². The molecule has 1 N–H and O–H groups in total. The van der Waals surface area contributed by atoms with Gasteiger partial charge in [-0.25, -0.2) is 0 Å². The highest BCUT2D eigenvalue weighted by Crippen LogP contribution is 2.61. The van der Waals surface area contributed by atoms with Gasteiger partial charge in [-0.1, -0.05) is 40.2 Å². The van der Waals surface area contributed by atoms with E-state index in [0.717, 1.165) is 44.1 Å². The van der Waals surface area contributed by atoms with Crippen LogP contribution < -0.4 is 5.32 Å². The molecule has 4 saturated carbocycles. The number of hydrogen-bond acceptors (Lipinski definition) is 2. The Hall–Kier alpha value is -0.613. The molecule has 0 aromatic rings. The summed E-state index contributed by atoms with van der Waals surface area (Å²) >= 11 is 0. The van der Waals surface area contributed by atoms with E-state index in [9.17, 15) is 4.79 Å². The summed E-state index contributed by atoms with van der Waals surface area (Å²) in [5, 5.41) is 3.48. The number of carbonyl (C=O) groups is 1. The molecule has 0 aliphatic heterocycles. The molecule has 3 nitrogen and oxygen atoms in total. The van der Waals surface area contributed by atoms with E-state index in [2.05, 4.69) is 53.0 Å². The second-order valence-corrected chi connectivity index (χ2v) is 16.6. The van der Waals surface area contributed by atoms with Crippen LogP contribution >= 0.6 is 0 Å². The Labute approximate surface area is 174 Å². The highest BCUT2D eigenvalue weighted by atomic mass is 28.4. The summed E-state index contributed by atoms with van der Waals surface area (Å²) in [5.74, 6) is 2.53. The van der Waals surface area contributed by atoms with E-state index in [0.29, 0.717) is 17.4 Å². The van der Waals surface area contributed by atoms with Gasteiger partial charge >= 0.3 is 0 Å². The van der Waals surface area contributed by atoms with Crippen molar-refractivity contribution in [2.75, 3.05) is 6.54 Å². The summed E-state index contributed by atoms with van der Waals surface area (Å²) in [6.07, 6.45) is 10.4. The summed E-state index contributed by atoms with van der Waals surface area (Å²) in [6, 6.07) is 0. The predicted molar refractivity (Wildman–Crippen MR) is 120 cm³/mol. The van der Waals surface area contributed by atoms with Gasteiger partial charge in [0.1, 0.15) is 0 Å². The number of allylic oxidation sites excluding steroid dienone is 1. The van der Waals surface area contributed by atoms with Gasteiger partial charge in [0.05, 0.1) is 0 Å². The molecule has 28 heavy (non-hydrogen) atoms. The van der Waals surface area contributed by atoms with Crippen molar-refractivity contribution in [2.24, 2.45) is 23.2 Å². The minimum atomic E-state index is -1.69. The van der Waals surface area contributed by atoms with Crippen molar-refractivity contribution in [1.82, 2.24) is 5.32 Å². The van der Waals surface area contributed by atoms with E-state index in [4.69, 9.17) is 4.43 Å². The van der Waals surface area contributed by atoms with Gasteiger partial charge in [0, 0.05) is 18.7 Å². The monoisotopic (exact) mass is 405 g/mol. The van der Waals surface area contributed by atoms with E-state index < -0.39 is 8.32 Å². The van der Waals surface area contributed by atoms with E-state index in [1.807, 2.05) is 6.08 Å². The van der Waals surface area contributed by atoms with E-state index >= 15 is 0 Å². The standard InChI is InChI=1S/C24H43NO2Si/c1-23(2,3)28(6,7)27-20-12-8-17(9-13-20)14-22(26)25-16-18-10-11-19-15-21(18)24(19,4)5/h14,18-21H,8-13,15-16H2,1-7H3,(H,25,26)/t18-,19-,20?,21-/m0/s1. The summed E-state index contributed by atoms with van der Waals surface area (Å²) in [6.45, 7) is 17.3. The van der Waals surface area contributed by atoms with Gasteiger partial charge in [-0.15, -0.1) is 0 Å². The van der Waals surface area contributed by atoms with Gasteiger partial charge in [-0.05, 0) is 86.2 Å². The predicted octanol–water partition coefficient (Wildman–Crippen LogP) is 6.07. The first-order valence-corrected chi connectivity index (χ1v) is 14.5. The molecule has 4 fully saturated rings. The Morgan fingerprint density at radius 1 is 1.18 bits per heavy atom. The second kappa shape index (κ2) is 7.90. The Bertz CT molecular complexity index is 605. The molecule has 1 amide bonds. The lowest BCUT2D eigenvalue weighted by atomic mass is 9.45. The van der Waals surface area contributed by atoms with Gasteiger partial charge in [0.2, 0.25) is 5.91 Å². The van der Waals surface area contributed by atoms with Crippen molar-refractivity contribution >= 4 is 14.2 Å². The summed E-state index contributed by atoms with van der Waals surface area (Å²) < 4.78 is 6.57. The molecule has 4 heteroatoms. The fourth-order valence-corrected chi connectivity index (χ4v) is 6.92. The van der Waals surface area contributed by atoms with Crippen LogP contribution in [0.5, 0.6) is 0 Å². The van der Waals surface area contributed by atoms with Crippen molar-refractivity contribution in [3.63, 3.8) is 0 Å². The maximum absolute atomic E-state index is 12.5. The van der Waals surface area contributed by atoms with Crippen LogP contribution in [0.2, 0.25) is 18.1 Å². The number of nitrogens with one attached hydrogen (secondary N) is 1. The number of hydrogen-bond donors (Lipinski definition) is 1. The molecule has 3 atom stereocenters. The fraction of sp³-hybridized carbons (Fsp3) is 0.875. The molecule has 0 aromatic carbocycles. The Morgan fingerprint density at radius 2 is 1.82 bits per heavy atom. The molecule has 0 saturated heterocycles. The third kappa shape index (κ3) is 4.58. The molecule has 0 unspecified atom stereocenters. The lowest BCUT2D eigenvalue weighted by Gasteiger charge is -2.60. The number of carbonyl (C=O) groups excluding carboxylic acids is 1. The van der Waals surface area contributed by atoms with E-state index in [1.54, 1.807) is 0 Å². The zero-order chi connectivity index (χ0) is 20.7. The highest BCUT2D eigenvalue weighted by molar-refractivity contribution is 6.74. The molecule has 0 radical (unpaired) electrons. The Morgan fingerprint density at radius 3 is 2.36 bits per heavy atom. The van der Waals surface area contributed by atoms with Crippen LogP contribution in [0, 0.1) is 23.2 Å². The Kier molecular flexibility index (Phi) is 6.23. The average Bonchev–Trinajstić information content (AvgIpc) is 2.60. The lowest BCUT2D eigenvalue weighted by molar-refractivity contribution is -0.120. The minimum absolute atomic E-state index is 0.123. The molecule has 0 aromatic heterocycles. The number of fused-ring (bicyclic) bond motifs is 2. The average molecular weight is 406 g/mol. The van der Waals surface area contributed by atoms with Gasteiger partial charge in [-0.2, -0.15) is 0 Å². The van der Waals surface area contributed by atoms with Gasteiger partial charge < -0.3 is 9.74 Å². The first kappa shape index (κ1) is 22.1. The van der Waals surface area contributed by atoms with E-state index in [1.165, 1.54) is 24.8 Å². The Balaban J connectivity index is 1.42. The first-order chi connectivity index (χ1) is 12.9. The SMILES string of the molecule is CC1(C)[C@H]2CC[C@@H](CNC(=O)C=C3CCC(O[Si](C)(C)C(C)(C)C)CC3)[C@@H]1C2. The topological polar surface area (TPSA) is 38.3 Å². The molecule has 2 bridgehead atoms.